The average molecular weight is 314 g/mol. The second-order valence-corrected chi connectivity index (χ2v) is 5.01. The summed E-state index contributed by atoms with van der Waals surface area (Å²) in [6.45, 7) is 2.40. The standard InChI is InChI=1S/C14H16F2N2O4/c1-2-7(6-19)17-13-9-5-8(14-20-3-4-21-14)10(15)11(16)12(9)22-18-13/h5,7,14,19H,2-4,6H2,1H3,(H,17,18)/t7-/m1/s1. The highest BCUT2D eigenvalue weighted by Crippen LogP contribution is 2.34. The van der Waals surface area contributed by atoms with E-state index in [1.54, 1.807) is 0 Å². The van der Waals surface area contributed by atoms with Crippen LogP contribution in [-0.4, -0.2) is 36.1 Å². The molecule has 1 fully saturated rings. The van der Waals surface area contributed by atoms with E-state index in [9.17, 15) is 13.9 Å². The van der Waals surface area contributed by atoms with Gasteiger partial charge in [0.25, 0.3) is 0 Å². The third-order valence-electron chi connectivity index (χ3n) is 3.60. The molecule has 2 aromatic rings. The van der Waals surface area contributed by atoms with E-state index in [2.05, 4.69) is 10.5 Å². The number of hydrogen-bond donors (Lipinski definition) is 2. The van der Waals surface area contributed by atoms with Crippen LogP contribution in [0.3, 0.4) is 0 Å². The minimum absolute atomic E-state index is 0.0363. The molecule has 3 rings (SSSR count). The number of aromatic nitrogens is 1. The molecular weight excluding hydrogens is 298 g/mol. The van der Waals surface area contributed by atoms with Gasteiger partial charge in [-0.05, 0) is 12.5 Å². The summed E-state index contributed by atoms with van der Waals surface area (Å²) in [5.41, 5.74) is -0.319. The molecule has 1 saturated heterocycles. The van der Waals surface area contributed by atoms with Gasteiger partial charge in [0.1, 0.15) is 0 Å². The van der Waals surface area contributed by atoms with Gasteiger partial charge in [-0.3, -0.25) is 0 Å². The maximum atomic E-state index is 14.1. The van der Waals surface area contributed by atoms with Gasteiger partial charge < -0.3 is 24.4 Å². The van der Waals surface area contributed by atoms with Crippen LogP contribution in [0.4, 0.5) is 14.6 Å². The van der Waals surface area contributed by atoms with Crippen molar-refractivity contribution in [2.75, 3.05) is 25.1 Å². The summed E-state index contributed by atoms with van der Waals surface area (Å²) in [7, 11) is 0. The van der Waals surface area contributed by atoms with Gasteiger partial charge >= 0.3 is 0 Å². The van der Waals surface area contributed by atoms with Crippen LogP contribution in [0.2, 0.25) is 0 Å². The number of anilines is 1. The van der Waals surface area contributed by atoms with Gasteiger partial charge in [0, 0.05) is 5.56 Å². The number of nitrogens with one attached hydrogen (secondary N) is 1. The lowest BCUT2D eigenvalue weighted by atomic mass is 10.1. The lowest BCUT2D eigenvalue weighted by Gasteiger charge is -2.14. The Hall–Kier alpha value is -1.77. The van der Waals surface area contributed by atoms with E-state index < -0.39 is 17.9 Å². The summed E-state index contributed by atoms with van der Waals surface area (Å²) in [5, 5.41) is 16.2. The lowest BCUT2D eigenvalue weighted by molar-refractivity contribution is -0.0467. The van der Waals surface area contributed by atoms with E-state index in [0.29, 0.717) is 19.6 Å². The molecule has 2 heterocycles. The molecule has 0 saturated carbocycles. The maximum Gasteiger partial charge on any atom is 0.207 e. The Balaban J connectivity index is 2.05. The quantitative estimate of drug-likeness (QED) is 0.882. The van der Waals surface area contributed by atoms with Crippen molar-refractivity contribution in [3.05, 3.63) is 23.3 Å². The van der Waals surface area contributed by atoms with Crippen molar-refractivity contribution in [3.63, 3.8) is 0 Å². The molecule has 0 bridgehead atoms. The SMILES string of the molecule is CC[C@H](CO)Nc1noc2c(F)c(F)c(C3OCCO3)cc12. The molecule has 6 nitrogen and oxygen atoms in total. The van der Waals surface area contributed by atoms with E-state index in [1.807, 2.05) is 6.92 Å². The summed E-state index contributed by atoms with van der Waals surface area (Å²) in [6.07, 6.45) is -0.308. The van der Waals surface area contributed by atoms with Crippen LogP contribution >= 0.6 is 0 Å². The van der Waals surface area contributed by atoms with Gasteiger partial charge in [-0.1, -0.05) is 12.1 Å². The van der Waals surface area contributed by atoms with Crippen molar-refractivity contribution < 1.29 is 27.9 Å². The number of rotatable bonds is 5. The van der Waals surface area contributed by atoms with Crippen molar-refractivity contribution in [1.82, 2.24) is 5.16 Å². The zero-order chi connectivity index (χ0) is 15.7. The van der Waals surface area contributed by atoms with Crippen LogP contribution in [0, 0.1) is 11.6 Å². The fourth-order valence-corrected chi connectivity index (χ4v) is 2.32. The number of ether oxygens (including phenoxy) is 2. The predicted molar refractivity (Wildman–Crippen MR) is 73.4 cm³/mol. The number of aliphatic hydroxyl groups is 1. The lowest BCUT2D eigenvalue weighted by Crippen LogP contribution is -2.22. The number of halogens is 2. The molecule has 2 N–H and O–H groups in total. The number of aliphatic hydroxyl groups excluding tert-OH is 1. The first-order valence-corrected chi connectivity index (χ1v) is 7.03. The summed E-state index contributed by atoms with van der Waals surface area (Å²) < 4.78 is 43.6. The Morgan fingerprint density at radius 3 is 2.73 bits per heavy atom. The monoisotopic (exact) mass is 314 g/mol. The highest BCUT2D eigenvalue weighted by atomic mass is 19.2. The largest absolute Gasteiger partial charge is 0.394 e. The summed E-state index contributed by atoms with van der Waals surface area (Å²) in [4.78, 5) is 0. The van der Waals surface area contributed by atoms with Gasteiger partial charge in [0.15, 0.2) is 17.9 Å². The predicted octanol–water partition coefficient (Wildman–Crippen LogP) is 2.33. The Kier molecular flexibility index (Phi) is 4.23. The number of hydrogen-bond acceptors (Lipinski definition) is 6. The highest BCUT2D eigenvalue weighted by Gasteiger charge is 2.28. The Morgan fingerprint density at radius 2 is 2.09 bits per heavy atom. The van der Waals surface area contributed by atoms with Gasteiger partial charge in [0.2, 0.25) is 11.4 Å². The molecule has 22 heavy (non-hydrogen) atoms. The fraction of sp³-hybridized carbons (Fsp3) is 0.500. The van der Waals surface area contributed by atoms with Crippen molar-refractivity contribution in [2.45, 2.75) is 25.7 Å². The number of nitrogens with zero attached hydrogens (tertiary/aromatic N) is 1. The Bertz CT molecular complexity index is 666. The van der Waals surface area contributed by atoms with Crippen LogP contribution in [0.1, 0.15) is 25.2 Å². The average Bonchev–Trinajstić information content (AvgIpc) is 3.18. The topological polar surface area (TPSA) is 76.8 Å². The van der Waals surface area contributed by atoms with E-state index >= 15 is 0 Å². The van der Waals surface area contributed by atoms with Crippen LogP contribution in [-0.2, 0) is 9.47 Å². The molecule has 1 aliphatic heterocycles. The van der Waals surface area contributed by atoms with Crippen molar-refractivity contribution in [3.8, 4) is 0 Å². The smallest absolute Gasteiger partial charge is 0.207 e. The van der Waals surface area contributed by atoms with Crippen LogP contribution in [0.5, 0.6) is 0 Å². The molecule has 120 valence electrons. The molecule has 0 unspecified atom stereocenters. The Labute approximate surface area is 125 Å². The zero-order valence-electron chi connectivity index (χ0n) is 11.9. The van der Waals surface area contributed by atoms with Gasteiger partial charge in [0.05, 0.1) is 31.2 Å². The Morgan fingerprint density at radius 1 is 1.36 bits per heavy atom. The molecule has 1 aromatic carbocycles. The van der Waals surface area contributed by atoms with E-state index in [1.165, 1.54) is 6.07 Å². The first-order chi connectivity index (χ1) is 10.7. The number of fused-ring (bicyclic) bond motifs is 1. The molecule has 0 spiro atoms. The first kappa shape index (κ1) is 15.1. The summed E-state index contributed by atoms with van der Waals surface area (Å²) in [5.74, 6) is -1.96. The number of benzene rings is 1. The molecule has 0 aliphatic carbocycles. The van der Waals surface area contributed by atoms with Crippen LogP contribution < -0.4 is 5.32 Å². The molecule has 1 aromatic heterocycles. The van der Waals surface area contributed by atoms with E-state index in [-0.39, 0.29) is 35.0 Å². The normalized spacial score (nSPS) is 17.3. The van der Waals surface area contributed by atoms with Gasteiger partial charge in [-0.15, -0.1) is 0 Å². The molecule has 8 heteroatoms. The fourth-order valence-electron chi connectivity index (χ4n) is 2.32. The highest BCUT2D eigenvalue weighted by molar-refractivity contribution is 5.89. The molecule has 0 amide bonds. The van der Waals surface area contributed by atoms with E-state index in [4.69, 9.17) is 14.0 Å². The molecule has 1 aliphatic rings. The van der Waals surface area contributed by atoms with Crippen LogP contribution in [0.15, 0.2) is 10.6 Å². The minimum atomic E-state index is -1.14. The van der Waals surface area contributed by atoms with E-state index in [0.717, 1.165) is 0 Å². The summed E-state index contributed by atoms with van der Waals surface area (Å²) in [6, 6.07) is 1.14. The molecule has 0 radical (unpaired) electrons. The van der Waals surface area contributed by atoms with Gasteiger partial charge in [-0.2, -0.15) is 4.39 Å². The third kappa shape index (κ3) is 2.53. The first-order valence-electron chi connectivity index (χ1n) is 7.03. The van der Waals surface area contributed by atoms with Gasteiger partial charge in [-0.25, -0.2) is 4.39 Å². The van der Waals surface area contributed by atoms with Crippen molar-refractivity contribution in [2.24, 2.45) is 0 Å². The minimum Gasteiger partial charge on any atom is -0.394 e. The third-order valence-corrected chi connectivity index (χ3v) is 3.60. The van der Waals surface area contributed by atoms with Crippen LogP contribution in [0.25, 0.3) is 11.0 Å². The van der Waals surface area contributed by atoms with Crippen molar-refractivity contribution >= 4 is 16.8 Å². The van der Waals surface area contributed by atoms with Crippen molar-refractivity contribution in [1.29, 1.82) is 0 Å². The zero-order valence-corrected chi connectivity index (χ0v) is 11.9. The summed E-state index contributed by atoms with van der Waals surface area (Å²) >= 11 is 0. The second kappa shape index (κ2) is 6.15. The second-order valence-electron chi connectivity index (χ2n) is 5.01. The molecular formula is C14H16F2N2O4. The maximum absolute atomic E-state index is 14.1. The molecule has 1 atom stereocenters.